The Morgan fingerprint density at radius 2 is 1.82 bits per heavy atom. The molecule has 1 fully saturated rings. The minimum atomic E-state index is -1.07. The molecule has 34 heavy (non-hydrogen) atoms. The first-order valence-corrected chi connectivity index (χ1v) is 12.3. The lowest BCUT2D eigenvalue weighted by molar-refractivity contribution is -0.134. The zero-order valence-corrected chi connectivity index (χ0v) is 19.7. The van der Waals surface area contributed by atoms with E-state index in [0.717, 1.165) is 37.1 Å². The van der Waals surface area contributed by atoms with Gasteiger partial charge in [0.1, 0.15) is 17.0 Å². The molecule has 3 aromatic heterocycles. The third-order valence-corrected chi connectivity index (χ3v) is 7.26. The number of hydrogen-bond acceptors (Lipinski definition) is 4. The molecule has 7 nitrogen and oxygen atoms in total. The summed E-state index contributed by atoms with van der Waals surface area (Å²) in [6.07, 6.45) is 11.3. The fourth-order valence-electron chi connectivity index (χ4n) is 5.26. The quantitative estimate of drug-likeness (QED) is 0.594. The molecule has 178 valence electrons. The average molecular weight is 461 g/mol. The summed E-state index contributed by atoms with van der Waals surface area (Å²) in [6.45, 7) is 2.50. The molecule has 3 aromatic rings. The Kier molecular flexibility index (Phi) is 6.26. The molecule has 7 heteroatoms. The number of amides is 2. The lowest BCUT2D eigenvalue weighted by Crippen LogP contribution is -2.64. The van der Waals surface area contributed by atoms with E-state index in [1.54, 1.807) is 17.4 Å². The van der Waals surface area contributed by atoms with E-state index in [9.17, 15) is 9.59 Å². The third-order valence-electron chi connectivity index (χ3n) is 7.26. The topological polar surface area (TPSA) is 80.4 Å². The SMILES string of the molecule is C[C@@]1(C(=O)NC2CCCCCCC2)Cn2c(ccc2-c2ccco2)C(=O)N1Cc1ccccn1. The van der Waals surface area contributed by atoms with Crippen LogP contribution in [0.3, 0.4) is 0 Å². The lowest BCUT2D eigenvalue weighted by Gasteiger charge is -2.44. The van der Waals surface area contributed by atoms with Gasteiger partial charge in [-0.2, -0.15) is 0 Å². The van der Waals surface area contributed by atoms with Gasteiger partial charge in [0.05, 0.1) is 30.7 Å². The summed E-state index contributed by atoms with van der Waals surface area (Å²) in [7, 11) is 0. The normalized spacial score (nSPS) is 21.6. The van der Waals surface area contributed by atoms with Crippen molar-refractivity contribution in [3.8, 4) is 11.5 Å². The van der Waals surface area contributed by atoms with Crippen LogP contribution in [-0.2, 0) is 17.9 Å². The molecule has 1 aliphatic heterocycles. The smallest absolute Gasteiger partial charge is 0.271 e. The predicted molar refractivity (Wildman–Crippen MR) is 129 cm³/mol. The van der Waals surface area contributed by atoms with Crippen LogP contribution in [0.4, 0.5) is 0 Å². The second kappa shape index (κ2) is 9.49. The Bertz CT molecular complexity index is 1130. The maximum atomic E-state index is 13.9. The number of fused-ring (bicyclic) bond motifs is 1. The standard InChI is InChI=1S/C27H32N4O3/c1-27(26(33)29-20-10-5-3-2-4-6-11-20)19-30-22(24-13-9-17-34-24)14-15-23(30)25(32)31(27)18-21-12-7-8-16-28-21/h7-9,12-17,20H,2-6,10-11,18-19H2,1H3,(H,29,33)/t27-/m0/s1. The molecule has 0 radical (unpaired) electrons. The van der Waals surface area contributed by atoms with Gasteiger partial charge in [0.25, 0.3) is 5.91 Å². The fraction of sp³-hybridized carbons (Fsp3) is 0.444. The molecule has 0 aromatic carbocycles. The molecular formula is C27H32N4O3. The highest BCUT2D eigenvalue weighted by Crippen LogP contribution is 2.34. The van der Waals surface area contributed by atoms with E-state index in [1.165, 1.54) is 19.3 Å². The van der Waals surface area contributed by atoms with Crippen LogP contribution in [0.1, 0.15) is 68.1 Å². The van der Waals surface area contributed by atoms with E-state index in [0.29, 0.717) is 18.0 Å². The summed E-state index contributed by atoms with van der Waals surface area (Å²) in [5, 5.41) is 3.32. The molecule has 4 heterocycles. The first-order chi connectivity index (χ1) is 16.6. The first kappa shape index (κ1) is 22.4. The van der Waals surface area contributed by atoms with Crippen molar-refractivity contribution in [2.45, 2.75) is 76.5 Å². The second-order valence-corrected chi connectivity index (χ2v) is 9.67. The van der Waals surface area contributed by atoms with Gasteiger partial charge in [-0.05, 0) is 56.2 Å². The van der Waals surface area contributed by atoms with Crippen LogP contribution in [0.2, 0.25) is 0 Å². The van der Waals surface area contributed by atoms with Crippen LogP contribution < -0.4 is 5.32 Å². The van der Waals surface area contributed by atoms with Gasteiger partial charge in [-0.25, -0.2) is 0 Å². The minimum Gasteiger partial charge on any atom is -0.463 e. The minimum absolute atomic E-state index is 0.105. The van der Waals surface area contributed by atoms with E-state index in [2.05, 4.69) is 10.3 Å². The van der Waals surface area contributed by atoms with Crippen molar-refractivity contribution in [2.75, 3.05) is 0 Å². The number of pyridine rings is 1. The van der Waals surface area contributed by atoms with Crippen molar-refractivity contribution in [3.05, 3.63) is 66.3 Å². The van der Waals surface area contributed by atoms with Gasteiger partial charge in [-0.3, -0.25) is 14.6 Å². The molecule has 5 rings (SSSR count). The van der Waals surface area contributed by atoms with E-state index >= 15 is 0 Å². The molecule has 1 aliphatic carbocycles. The number of furan rings is 1. The van der Waals surface area contributed by atoms with Crippen molar-refractivity contribution in [1.29, 1.82) is 0 Å². The maximum absolute atomic E-state index is 13.9. The molecule has 1 N–H and O–H groups in total. The van der Waals surface area contributed by atoms with E-state index in [-0.39, 0.29) is 24.4 Å². The second-order valence-electron chi connectivity index (χ2n) is 9.67. The van der Waals surface area contributed by atoms with Gasteiger partial charge in [-0.1, -0.05) is 38.2 Å². The highest BCUT2D eigenvalue weighted by atomic mass is 16.3. The van der Waals surface area contributed by atoms with Crippen molar-refractivity contribution in [3.63, 3.8) is 0 Å². The summed E-state index contributed by atoms with van der Waals surface area (Å²) in [4.78, 5) is 33.8. The molecule has 0 bridgehead atoms. The number of carbonyl (C=O) groups excluding carboxylic acids is 2. The summed E-state index contributed by atoms with van der Waals surface area (Å²) in [5.74, 6) is 0.400. The zero-order valence-electron chi connectivity index (χ0n) is 19.7. The Morgan fingerprint density at radius 1 is 1.06 bits per heavy atom. The number of nitrogens with one attached hydrogen (secondary N) is 1. The van der Waals surface area contributed by atoms with Gasteiger partial charge in [0.2, 0.25) is 5.91 Å². The Balaban J connectivity index is 1.49. The Hall–Kier alpha value is -3.35. The molecular weight excluding hydrogens is 428 g/mol. The maximum Gasteiger partial charge on any atom is 0.271 e. The van der Waals surface area contributed by atoms with E-state index in [4.69, 9.17) is 4.42 Å². The van der Waals surface area contributed by atoms with Crippen LogP contribution in [0, 0.1) is 0 Å². The highest BCUT2D eigenvalue weighted by Gasteiger charge is 2.48. The third kappa shape index (κ3) is 4.27. The van der Waals surface area contributed by atoms with Crippen LogP contribution in [0.5, 0.6) is 0 Å². The molecule has 2 aliphatic rings. The van der Waals surface area contributed by atoms with Crippen molar-refractivity contribution < 1.29 is 14.0 Å². The number of rotatable bonds is 5. The van der Waals surface area contributed by atoms with Gasteiger partial charge in [-0.15, -0.1) is 0 Å². The lowest BCUT2D eigenvalue weighted by atomic mass is 9.92. The summed E-state index contributed by atoms with van der Waals surface area (Å²) < 4.78 is 7.55. The van der Waals surface area contributed by atoms with Crippen LogP contribution >= 0.6 is 0 Å². The van der Waals surface area contributed by atoms with Gasteiger partial charge >= 0.3 is 0 Å². The Labute approximate surface area is 200 Å². The van der Waals surface area contributed by atoms with Crippen LogP contribution in [-0.4, -0.2) is 37.8 Å². The first-order valence-electron chi connectivity index (χ1n) is 12.3. The molecule has 0 spiro atoms. The highest BCUT2D eigenvalue weighted by molar-refractivity contribution is 6.00. The molecule has 1 saturated carbocycles. The number of carbonyl (C=O) groups is 2. The molecule has 1 atom stereocenters. The fourth-order valence-corrected chi connectivity index (χ4v) is 5.26. The average Bonchev–Trinajstić information content (AvgIpc) is 3.49. The molecule has 2 amide bonds. The van der Waals surface area contributed by atoms with E-state index < -0.39 is 5.54 Å². The Morgan fingerprint density at radius 3 is 2.53 bits per heavy atom. The van der Waals surface area contributed by atoms with Crippen molar-refractivity contribution in [2.24, 2.45) is 0 Å². The number of aromatic nitrogens is 2. The summed E-state index contributed by atoms with van der Waals surface area (Å²) in [6, 6.07) is 13.2. The zero-order chi connectivity index (χ0) is 23.5. The van der Waals surface area contributed by atoms with Gasteiger partial charge < -0.3 is 19.2 Å². The molecule has 0 saturated heterocycles. The van der Waals surface area contributed by atoms with Crippen molar-refractivity contribution in [1.82, 2.24) is 19.8 Å². The van der Waals surface area contributed by atoms with E-state index in [1.807, 2.05) is 54.0 Å². The monoisotopic (exact) mass is 460 g/mol. The largest absolute Gasteiger partial charge is 0.463 e. The molecule has 0 unspecified atom stereocenters. The summed E-state index contributed by atoms with van der Waals surface area (Å²) >= 11 is 0. The van der Waals surface area contributed by atoms with Gasteiger partial charge in [0.15, 0.2) is 0 Å². The number of hydrogen-bond donors (Lipinski definition) is 1. The summed E-state index contributed by atoms with van der Waals surface area (Å²) in [5.41, 5.74) is 1.05. The van der Waals surface area contributed by atoms with Crippen LogP contribution in [0.25, 0.3) is 11.5 Å². The predicted octanol–water partition coefficient (Wildman–Crippen LogP) is 4.79. The van der Waals surface area contributed by atoms with Gasteiger partial charge in [0, 0.05) is 12.2 Å². The van der Waals surface area contributed by atoms with Crippen molar-refractivity contribution >= 4 is 11.8 Å². The number of nitrogens with zero attached hydrogens (tertiary/aromatic N) is 3. The van der Waals surface area contributed by atoms with Crippen LogP contribution in [0.15, 0.2) is 59.3 Å².